The van der Waals surface area contributed by atoms with E-state index >= 15 is 0 Å². The molecule has 0 atom stereocenters. The van der Waals surface area contributed by atoms with Crippen LogP contribution in [-0.4, -0.2) is 43.5 Å². The second-order valence-corrected chi connectivity index (χ2v) is 7.48. The summed E-state index contributed by atoms with van der Waals surface area (Å²) in [7, 11) is 4.06. The lowest BCUT2D eigenvalue weighted by atomic mass is 10.1. The summed E-state index contributed by atoms with van der Waals surface area (Å²) in [4.78, 5) is 12.1. The van der Waals surface area contributed by atoms with Crippen molar-refractivity contribution in [3.63, 3.8) is 0 Å². The summed E-state index contributed by atoms with van der Waals surface area (Å²) in [6, 6.07) is 0. The van der Waals surface area contributed by atoms with Crippen molar-refractivity contribution < 1.29 is 0 Å². The number of nitrogens with zero attached hydrogens (tertiary/aromatic N) is 6. The number of anilines is 1. The summed E-state index contributed by atoms with van der Waals surface area (Å²) in [5.41, 5.74) is 4.46. The number of nitrogens with one attached hydrogen (secondary N) is 1. The van der Waals surface area contributed by atoms with Crippen molar-refractivity contribution in [1.29, 1.82) is 0 Å². The second-order valence-electron chi connectivity index (χ2n) is 7.48. The molecule has 0 saturated heterocycles. The predicted molar refractivity (Wildman–Crippen MR) is 103 cm³/mol. The van der Waals surface area contributed by atoms with Crippen LogP contribution in [0, 0.1) is 13.8 Å². The van der Waals surface area contributed by atoms with Crippen molar-refractivity contribution in [3.8, 4) is 0 Å². The number of aryl methyl sites for hydroxylation is 3. The van der Waals surface area contributed by atoms with Gasteiger partial charge >= 0.3 is 0 Å². The highest BCUT2D eigenvalue weighted by Gasteiger charge is 2.23. The molecular formula is C19H27N7. The molecule has 1 aliphatic rings. The van der Waals surface area contributed by atoms with Gasteiger partial charge in [0.1, 0.15) is 11.6 Å². The van der Waals surface area contributed by atoms with Gasteiger partial charge in [-0.05, 0) is 38.7 Å². The molecule has 0 unspecified atom stereocenters. The maximum atomic E-state index is 4.98. The average molecular weight is 353 g/mol. The Labute approximate surface area is 153 Å². The van der Waals surface area contributed by atoms with Crippen LogP contribution in [0.4, 0.5) is 5.82 Å². The summed E-state index contributed by atoms with van der Waals surface area (Å²) >= 11 is 0. The van der Waals surface area contributed by atoms with E-state index in [0.717, 1.165) is 47.0 Å². The first-order valence-corrected chi connectivity index (χ1v) is 9.46. The minimum Gasteiger partial charge on any atom is -0.359 e. The SMILES string of the molecule is Cc1n[nH]c(C)c1CCN(C)c1nc(C2CCCC2)nc2c1cnn2C. The first kappa shape index (κ1) is 17.0. The van der Waals surface area contributed by atoms with Gasteiger partial charge in [-0.2, -0.15) is 10.2 Å². The van der Waals surface area contributed by atoms with Crippen LogP contribution in [0.2, 0.25) is 0 Å². The van der Waals surface area contributed by atoms with Crippen LogP contribution >= 0.6 is 0 Å². The smallest absolute Gasteiger partial charge is 0.163 e. The van der Waals surface area contributed by atoms with Gasteiger partial charge < -0.3 is 4.90 Å². The number of aromatic nitrogens is 6. The molecule has 4 rings (SSSR count). The first-order valence-electron chi connectivity index (χ1n) is 9.46. The van der Waals surface area contributed by atoms with Crippen molar-refractivity contribution in [2.24, 2.45) is 7.05 Å². The summed E-state index contributed by atoms with van der Waals surface area (Å²) < 4.78 is 1.86. The van der Waals surface area contributed by atoms with Gasteiger partial charge in [0, 0.05) is 32.3 Å². The fourth-order valence-corrected chi connectivity index (χ4v) is 4.01. The standard InChI is InChI=1S/C19H27N7/c1-12-15(13(2)24-23-12)9-10-25(3)18-16-11-20-26(4)19(16)22-17(21-18)14-7-5-6-8-14/h11,14H,5-10H2,1-4H3,(H,23,24). The molecule has 3 heterocycles. The monoisotopic (exact) mass is 353 g/mol. The average Bonchev–Trinajstić information content (AvgIpc) is 3.35. The van der Waals surface area contributed by atoms with E-state index in [1.807, 2.05) is 17.9 Å². The number of hydrogen-bond acceptors (Lipinski definition) is 5. The van der Waals surface area contributed by atoms with Crippen molar-refractivity contribution >= 4 is 16.9 Å². The molecule has 3 aromatic heterocycles. The summed E-state index contributed by atoms with van der Waals surface area (Å²) in [5, 5.41) is 12.8. The normalized spacial score (nSPS) is 15.2. The maximum Gasteiger partial charge on any atom is 0.163 e. The van der Waals surface area contributed by atoms with Gasteiger partial charge in [-0.25, -0.2) is 9.97 Å². The molecule has 1 aliphatic carbocycles. The number of fused-ring (bicyclic) bond motifs is 1. The highest BCUT2D eigenvalue weighted by molar-refractivity contribution is 5.86. The van der Waals surface area contributed by atoms with Crippen LogP contribution in [0.25, 0.3) is 11.0 Å². The molecule has 0 radical (unpaired) electrons. The number of rotatable bonds is 5. The van der Waals surface area contributed by atoms with E-state index in [1.165, 1.54) is 31.2 Å². The number of hydrogen-bond donors (Lipinski definition) is 1. The van der Waals surface area contributed by atoms with E-state index in [-0.39, 0.29) is 0 Å². The minimum atomic E-state index is 0.486. The van der Waals surface area contributed by atoms with Crippen LogP contribution < -0.4 is 4.90 Å². The van der Waals surface area contributed by atoms with Crippen LogP contribution in [-0.2, 0) is 13.5 Å². The van der Waals surface area contributed by atoms with Gasteiger partial charge in [0.05, 0.1) is 17.3 Å². The van der Waals surface area contributed by atoms with Crippen LogP contribution in [0.15, 0.2) is 6.20 Å². The van der Waals surface area contributed by atoms with Crippen molar-refractivity contribution in [1.82, 2.24) is 29.9 Å². The van der Waals surface area contributed by atoms with Crippen molar-refractivity contribution in [2.45, 2.75) is 51.9 Å². The zero-order chi connectivity index (χ0) is 18.3. The minimum absolute atomic E-state index is 0.486. The van der Waals surface area contributed by atoms with E-state index in [0.29, 0.717) is 5.92 Å². The molecule has 0 aliphatic heterocycles. The number of H-pyrrole nitrogens is 1. The third-order valence-corrected chi connectivity index (χ3v) is 5.65. The van der Waals surface area contributed by atoms with E-state index in [2.05, 4.69) is 41.1 Å². The molecule has 1 N–H and O–H groups in total. The molecule has 26 heavy (non-hydrogen) atoms. The molecule has 0 bridgehead atoms. The number of aromatic amines is 1. The zero-order valence-corrected chi connectivity index (χ0v) is 16.1. The Balaban J connectivity index is 1.65. The maximum absolute atomic E-state index is 4.98. The highest BCUT2D eigenvalue weighted by Crippen LogP contribution is 2.34. The Bertz CT molecular complexity index is 898. The summed E-state index contributed by atoms with van der Waals surface area (Å²) in [6.45, 7) is 5.02. The third-order valence-electron chi connectivity index (χ3n) is 5.65. The van der Waals surface area contributed by atoms with Crippen molar-refractivity contribution in [2.75, 3.05) is 18.5 Å². The van der Waals surface area contributed by atoms with Gasteiger partial charge in [-0.1, -0.05) is 12.8 Å². The van der Waals surface area contributed by atoms with Crippen LogP contribution in [0.3, 0.4) is 0 Å². The molecule has 0 aromatic carbocycles. The zero-order valence-electron chi connectivity index (χ0n) is 16.1. The first-order chi connectivity index (χ1) is 12.5. The molecule has 3 aromatic rings. The van der Waals surface area contributed by atoms with Gasteiger partial charge in [0.15, 0.2) is 5.65 Å². The van der Waals surface area contributed by atoms with E-state index in [1.54, 1.807) is 0 Å². The molecule has 1 fully saturated rings. The van der Waals surface area contributed by atoms with Crippen LogP contribution in [0.5, 0.6) is 0 Å². The van der Waals surface area contributed by atoms with Gasteiger partial charge in [-0.15, -0.1) is 0 Å². The Morgan fingerprint density at radius 3 is 2.69 bits per heavy atom. The Morgan fingerprint density at radius 1 is 1.23 bits per heavy atom. The highest BCUT2D eigenvalue weighted by atomic mass is 15.3. The fourth-order valence-electron chi connectivity index (χ4n) is 4.01. The molecule has 0 spiro atoms. The van der Waals surface area contributed by atoms with Gasteiger partial charge in [-0.3, -0.25) is 9.78 Å². The lowest BCUT2D eigenvalue weighted by Crippen LogP contribution is -2.23. The quantitative estimate of drug-likeness (QED) is 0.763. The third kappa shape index (κ3) is 2.95. The Morgan fingerprint density at radius 2 is 2.00 bits per heavy atom. The largest absolute Gasteiger partial charge is 0.359 e. The topological polar surface area (TPSA) is 75.5 Å². The summed E-state index contributed by atoms with van der Waals surface area (Å²) in [6.07, 6.45) is 7.77. The van der Waals surface area contributed by atoms with Gasteiger partial charge in [0.2, 0.25) is 0 Å². The van der Waals surface area contributed by atoms with E-state index in [4.69, 9.17) is 9.97 Å². The summed E-state index contributed by atoms with van der Waals surface area (Å²) in [5.74, 6) is 2.46. The van der Waals surface area contributed by atoms with Gasteiger partial charge in [0.25, 0.3) is 0 Å². The van der Waals surface area contributed by atoms with E-state index in [9.17, 15) is 0 Å². The lowest BCUT2D eigenvalue weighted by molar-refractivity contribution is 0.664. The molecule has 7 nitrogen and oxygen atoms in total. The Kier molecular flexibility index (Phi) is 4.38. The van der Waals surface area contributed by atoms with Crippen LogP contribution in [0.1, 0.15) is 54.4 Å². The molecule has 0 amide bonds. The number of likely N-dealkylation sites (N-methyl/N-ethyl adjacent to an activating group) is 1. The second kappa shape index (κ2) is 6.70. The van der Waals surface area contributed by atoms with Crippen molar-refractivity contribution in [3.05, 3.63) is 29.0 Å². The Hall–Kier alpha value is -2.44. The molecule has 138 valence electrons. The lowest BCUT2D eigenvalue weighted by Gasteiger charge is -2.20. The fraction of sp³-hybridized carbons (Fsp3) is 0.579. The van der Waals surface area contributed by atoms with E-state index < -0.39 is 0 Å². The molecular weight excluding hydrogens is 326 g/mol. The molecule has 7 heteroatoms. The molecule has 1 saturated carbocycles. The predicted octanol–water partition coefficient (Wildman–Crippen LogP) is 3.04.